The van der Waals surface area contributed by atoms with Crippen LogP contribution >= 0.6 is 0 Å². The number of piperazine rings is 1. The molecule has 134 valence electrons. The second-order valence-electron chi connectivity index (χ2n) is 6.99. The molecule has 3 heterocycles. The van der Waals surface area contributed by atoms with Gasteiger partial charge in [-0.25, -0.2) is 0 Å². The minimum Gasteiger partial charge on any atom is -0.333 e. The van der Waals surface area contributed by atoms with E-state index in [1.165, 1.54) is 0 Å². The number of aromatic nitrogens is 1. The third kappa shape index (κ3) is 2.71. The quantitative estimate of drug-likeness (QED) is 0.859. The molecule has 2 aliphatic heterocycles. The van der Waals surface area contributed by atoms with E-state index < -0.39 is 0 Å². The fourth-order valence-corrected chi connectivity index (χ4v) is 4.20. The zero-order valence-electron chi connectivity index (χ0n) is 14.5. The number of benzene rings is 1. The Hall–Kier alpha value is -2.89. The van der Waals surface area contributed by atoms with Gasteiger partial charge in [0.05, 0.1) is 0 Å². The number of amides is 2. The number of carbonyl (C=O) groups is 2. The molecule has 0 unspecified atom stereocenters. The van der Waals surface area contributed by atoms with Gasteiger partial charge in [0.2, 0.25) is 5.91 Å². The van der Waals surface area contributed by atoms with Crippen molar-refractivity contribution in [3.63, 3.8) is 0 Å². The van der Waals surface area contributed by atoms with E-state index in [0.29, 0.717) is 30.6 Å². The number of nitrogens with one attached hydrogen (secondary N) is 1. The first kappa shape index (κ1) is 16.6. The van der Waals surface area contributed by atoms with Crippen molar-refractivity contribution in [1.29, 1.82) is 0 Å². The van der Waals surface area contributed by atoms with Crippen LogP contribution in [0.15, 0.2) is 47.8 Å². The van der Waals surface area contributed by atoms with E-state index in [9.17, 15) is 14.4 Å². The molecule has 6 heteroatoms. The summed E-state index contributed by atoms with van der Waals surface area (Å²) in [7, 11) is 0. The topological polar surface area (TPSA) is 73.5 Å². The third-order valence-corrected chi connectivity index (χ3v) is 5.36. The summed E-state index contributed by atoms with van der Waals surface area (Å²) < 4.78 is 0. The highest BCUT2D eigenvalue weighted by Crippen LogP contribution is 2.31. The van der Waals surface area contributed by atoms with Crippen molar-refractivity contribution in [3.05, 3.63) is 59.0 Å². The van der Waals surface area contributed by atoms with Gasteiger partial charge in [-0.3, -0.25) is 14.4 Å². The third-order valence-electron chi connectivity index (χ3n) is 5.36. The van der Waals surface area contributed by atoms with Crippen LogP contribution in [0.4, 0.5) is 0 Å². The Kier molecular flexibility index (Phi) is 4.11. The van der Waals surface area contributed by atoms with Crippen LogP contribution in [0, 0.1) is 0 Å². The Labute approximate surface area is 151 Å². The zero-order chi connectivity index (χ0) is 18.3. The number of nitrogens with zero attached hydrogens (tertiary/aromatic N) is 2. The number of pyridine rings is 1. The van der Waals surface area contributed by atoms with E-state index in [-0.39, 0.29) is 29.5 Å². The normalized spacial score (nSPS) is 21.8. The van der Waals surface area contributed by atoms with Gasteiger partial charge in [-0.15, -0.1) is 6.58 Å². The Morgan fingerprint density at radius 3 is 2.58 bits per heavy atom. The molecule has 0 saturated carbocycles. The van der Waals surface area contributed by atoms with E-state index in [4.69, 9.17) is 0 Å². The highest BCUT2D eigenvalue weighted by molar-refractivity contribution is 5.96. The van der Waals surface area contributed by atoms with Gasteiger partial charge >= 0.3 is 0 Å². The molecule has 2 aliphatic rings. The maximum atomic E-state index is 13.0. The summed E-state index contributed by atoms with van der Waals surface area (Å²) in [5, 5.41) is 1.33. The highest BCUT2D eigenvalue weighted by Gasteiger charge is 2.43. The zero-order valence-corrected chi connectivity index (χ0v) is 14.5. The van der Waals surface area contributed by atoms with Crippen LogP contribution < -0.4 is 5.56 Å². The van der Waals surface area contributed by atoms with Gasteiger partial charge in [-0.05, 0) is 30.4 Å². The van der Waals surface area contributed by atoms with Gasteiger partial charge in [0, 0.05) is 37.0 Å². The molecule has 6 nitrogen and oxygen atoms in total. The number of hydrogen-bond acceptors (Lipinski definition) is 3. The number of fused-ring (bicyclic) bond motifs is 3. The van der Waals surface area contributed by atoms with Crippen LogP contribution in [0.3, 0.4) is 0 Å². The fraction of sp³-hybridized carbons (Fsp3) is 0.350. The molecule has 4 rings (SSSR count). The summed E-state index contributed by atoms with van der Waals surface area (Å²) in [4.78, 5) is 43.9. The smallest absolute Gasteiger partial charge is 0.270 e. The number of carbonyl (C=O) groups excluding carboxylic acids is 2. The Bertz CT molecular complexity index is 935. The summed E-state index contributed by atoms with van der Waals surface area (Å²) in [6.45, 7) is 4.65. The van der Waals surface area contributed by atoms with Gasteiger partial charge in [0.1, 0.15) is 5.69 Å². The van der Waals surface area contributed by atoms with Crippen LogP contribution in [-0.2, 0) is 4.79 Å². The maximum Gasteiger partial charge on any atom is 0.270 e. The SMILES string of the molecule is C=CCC(=O)N1[C@@H]2CC[C@H]1CN(C(=O)c1cc3ccccc3c(=O)[nH]1)C2. The number of aromatic amines is 1. The molecule has 0 radical (unpaired) electrons. The average Bonchev–Trinajstić information content (AvgIpc) is 2.91. The molecule has 2 amide bonds. The molecule has 1 N–H and O–H groups in total. The average molecular weight is 351 g/mol. The van der Waals surface area contributed by atoms with E-state index in [2.05, 4.69) is 11.6 Å². The van der Waals surface area contributed by atoms with Crippen molar-refractivity contribution < 1.29 is 9.59 Å². The lowest BCUT2D eigenvalue weighted by atomic mass is 10.1. The predicted octanol–water partition coefficient (Wildman–Crippen LogP) is 1.92. The van der Waals surface area contributed by atoms with Crippen molar-refractivity contribution in [1.82, 2.24) is 14.8 Å². The van der Waals surface area contributed by atoms with E-state index in [1.54, 1.807) is 29.2 Å². The van der Waals surface area contributed by atoms with Gasteiger partial charge in [-0.2, -0.15) is 0 Å². The molecule has 1 aromatic carbocycles. The van der Waals surface area contributed by atoms with Crippen LogP contribution in [0.1, 0.15) is 29.8 Å². The summed E-state index contributed by atoms with van der Waals surface area (Å²) in [6, 6.07) is 9.06. The van der Waals surface area contributed by atoms with Gasteiger partial charge < -0.3 is 14.8 Å². The molecule has 2 atom stereocenters. The molecular weight excluding hydrogens is 330 g/mol. The minimum atomic E-state index is -0.255. The fourth-order valence-electron chi connectivity index (χ4n) is 4.20. The number of likely N-dealkylation sites (tertiary alicyclic amines) is 1. The summed E-state index contributed by atoms with van der Waals surface area (Å²) in [6.07, 6.45) is 3.77. The van der Waals surface area contributed by atoms with Crippen LogP contribution in [0.5, 0.6) is 0 Å². The minimum absolute atomic E-state index is 0.0531. The van der Waals surface area contributed by atoms with Gasteiger partial charge in [-0.1, -0.05) is 24.3 Å². The van der Waals surface area contributed by atoms with Crippen LogP contribution in [-0.4, -0.2) is 51.8 Å². The van der Waals surface area contributed by atoms with E-state index in [0.717, 1.165) is 18.2 Å². The molecule has 2 fully saturated rings. The lowest BCUT2D eigenvalue weighted by molar-refractivity contribution is -0.135. The monoisotopic (exact) mass is 351 g/mol. The molecular formula is C20H21N3O3. The second kappa shape index (κ2) is 6.44. The van der Waals surface area contributed by atoms with Gasteiger partial charge in [0.15, 0.2) is 0 Å². The van der Waals surface area contributed by atoms with Gasteiger partial charge in [0.25, 0.3) is 11.5 Å². The first-order valence-electron chi connectivity index (χ1n) is 8.92. The molecule has 2 saturated heterocycles. The largest absolute Gasteiger partial charge is 0.333 e. The summed E-state index contributed by atoms with van der Waals surface area (Å²) in [5.41, 5.74) is 0.0492. The molecule has 2 aromatic rings. The molecule has 26 heavy (non-hydrogen) atoms. The standard InChI is InChI=1S/C20H21N3O3/c1-2-5-18(24)23-14-8-9-15(23)12-22(11-14)20(26)17-10-13-6-3-4-7-16(13)19(25)21-17/h2-4,6-7,10,14-15H,1,5,8-9,11-12H2,(H,21,25)/t14-,15+. The lowest BCUT2D eigenvalue weighted by Crippen LogP contribution is -2.57. The van der Waals surface area contributed by atoms with Crippen molar-refractivity contribution in [2.45, 2.75) is 31.3 Å². The number of rotatable bonds is 3. The first-order valence-corrected chi connectivity index (χ1v) is 8.92. The highest BCUT2D eigenvalue weighted by atomic mass is 16.2. The number of hydrogen-bond donors (Lipinski definition) is 1. The van der Waals surface area contributed by atoms with Crippen molar-refractivity contribution in [2.24, 2.45) is 0 Å². The van der Waals surface area contributed by atoms with Crippen LogP contribution in [0.2, 0.25) is 0 Å². The van der Waals surface area contributed by atoms with E-state index in [1.807, 2.05) is 17.0 Å². The molecule has 1 aromatic heterocycles. The molecule has 0 spiro atoms. The lowest BCUT2D eigenvalue weighted by Gasteiger charge is -2.41. The summed E-state index contributed by atoms with van der Waals surface area (Å²) in [5.74, 6) is -0.0979. The van der Waals surface area contributed by atoms with Crippen molar-refractivity contribution in [3.8, 4) is 0 Å². The second-order valence-corrected chi connectivity index (χ2v) is 6.99. The summed E-state index contributed by atoms with van der Waals surface area (Å²) >= 11 is 0. The van der Waals surface area contributed by atoms with Crippen molar-refractivity contribution in [2.75, 3.05) is 13.1 Å². The van der Waals surface area contributed by atoms with E-state index >= 15 is 0 Å². The molecule has 2 bridgehead atoms. The Morgan fingerprint density at radius 1 is 1.19 bits per heavy atom. The predicted molar refractivity (Wildman–Crippen MR) is 98.9 cm³/mol. The van der Waals surface area contributed by atoms with Crippen LogP contribution in [0.25, 0.3) is 10.8 Å². The Balaban J connectivity index is 1.58. The van der Waals surface area contributed by atoms with Crippen molar-refractivity contribution >= 4 is 22.6 Å². The maximum absolute atomic E-state index is 13.0. The molecule has 0 aliphatic carbocycles. The first-order chi connectivity index (χ1) is 12.6. The number of H-pyrrole nitrogens is 1. The Morgan fingerprint density at radius 2 is 1.88 bits per heavy atom.